The Hall–Kier alpha value is -2.74. The molecule has 0 saturated carbocycles. The molecule has 0 fully saturated rings. The number of ether oxygens (including phenoxy) is 1. The highest BCUT2D eigenvalue weighted by atomic mass is 35.5. The highest BCUT2D eigenvalue weighted by molar-refractivity contribution is 7.11. The minimum atomic E-state index is -0.880. The first-order valence-corrected chi connectivity index (χ1v) is 10.5. The molecule has 1 heterocycles. The summed E-state index contributed by atoms with van der Waals surface area (Å²) >= 11 is 7.30. The molecule has 3 rings (SSSR count). The standard InChI is InChI=1S/C22H21ClN2O4S/c1-25(14-20(26)27)11-9-19(15-5-7-17(23)8-6-15)29-18-4-2-3-16(13-18)21(28)22-24-10-12-30-22/h2-8,10,12-13,19H,9,11,14H2,1H3,(H,26,27). The summed E-state index contributed by atoms with van der Waals surface area (Å²) in [6.45, 7) is 0.475. The fourth-order valence-corrected chi connectivity index (χ4v) is 3.68. The zero-order chi connectivity index (χ0) is 21.5. The summed E-state index contributed by atoms with van der Waals surface area (Å²) in [7, 11) is 1.75. The van der Waals surface area contributed by atoms with Gasteiger partial charge < -0.3 is 9.84 Å². The van der Waals surface area contributed by atoms with Crippen molar-refractivity contribution in [3.05, 3.63) is 81.3 Å². The van der Waals surface area contributed by atoms with Crippen LogP contribution in [-0.4, -0.2) is 46.9 Å². The number of thiazole rings is 1. The molecule has 6 nitrogen and oxygen atoms in total. The Morgan fingerprint density at radius 2 is 2.00 bits per heavy atom. The third-order valence-corrected chi connectivity index (χ3v) is 5.44. The Morgan fingerprint density at radius 1 is 1.23 bits per heavy atom. The Bertz CT molecular complexity index is 993. The second-order valence-electron chi connectivity index (χ2n) is 6.77. The van der Waals surface area contributed by atoms with E-state index in [9.17, 15) is 9.59 Å². The van der Waals surface area contributed by atoms with E-state index < -0.39 is 5.97 Å². The number of nitrogens with zero attached hydrogens (tertiary/aromatic N) is 2. The quantitative estimate of drug-likeness (QED) is 0.462. The summed E-state index contributed by atoms with van der Waals surface area (Å²) in [5.74, 6) is -0.479. The van der Waals surface area contributed by atoms with E-state index in [0.717, 1.165) is 5.56 Å². The van der Waals surface area contributed by atoms with Gasteiger partial charge >= 0.3 is 5.97 Å². The minimum absolute atomic E-state index is 0.0505. The molecular formula is C22H21ClN2O4S. The van der Waals surface area contributed by atoms with E-state index in [-0.39, 0.29) is 18.4 Å². The van der Waals surface area contributed by atoms with Gasteiger partial charge in [-0.2, -0.15) is 0 Å². The largest absolute Gasteiger partial charge is 0.486 e. The summed E-state index contributed by atoms with van der Waals surface area (Å²) in [6, 6.07) is 14.3. The molecule has 0 radical (unpaired) electrons. The lowest BCUT2D eigenvalue weighted by molar-refractivity contribution is -0.138. The molecule has 1 aromatic heterocycles. The molecule has 1 atom stereocenters. The lowest BCUT2D eigenvalue weighted by Gasteiger charge is -2.23. The Labute approximate surface area is 183 Å². The molecule has 0 amide bonds. The maximum atomic E-state index is 12.6. The predicted molar refractivity (Wildman–Crippen MR) is 117 cm³/mol. The van der Waals surface area contributed by atoms with Crippen molar-refractivity contribution in [2.45, 2.75) is 12.5 Å². The first-order valence-electron chi connectivity index (χ1n) is 9.29. The number of carboxylic acids is 1. The van der Waals surface area contributed by atoms with Gasteiger partial charge in [0, 0.05) is 35.1 Å². The highest BCUT2D eigenvalue weighted by Gasteiger charge is 2.18. The topological polar surface area (TPSA) is 79.7 Å². The van der Waals surface area contributed by atoms with Gasteiger partial charge in [-0.25, -0.2) is 4.98 Å². The average Bonchev–Trinajstić information content (AvgIpc) is 3.26. The zero-order valence-electron chi connectivity index (χ0n) is 16.3. The number of benzene rings is 2. The van der Waals surface area contributed by atoms with Crippen molar-refractivity contribution in [1.82, 2.24) is 9.88 Å². The monoisotopic (exact) mass is 444 g/mol. The lowest BCUT2D eigenvalue weighted by atomic mass is 10.1. The van der Waals surface area contributed by atoms with Crippen LogP contribution in [0.15, 0.2) is 60.1 Å². The fraction of sp³-hybridized carbons (Fsp3) is 0.227. The molecule has 1 unspecified atom stereocenters. The summed E-state index contributed by atoms with van der Waals surface area (Å²) in [6.07, 6.45) is 1.84. The van der Waals surface area contributed by atoms with Crippen LogP contribution in [0.2, 0.25) is 5.02 Å². The maximum absolute atomic E-state index is 12.6. The Morgan fingerprint density at radius 3 is 2.67 bits per heavy atom. The third-order valence-electron chi connectivity index (χ3n) is 4.42. The number of rotatable bonds is 10. The zero-order valence-corrected chi connectivity index (χ0v) is 17.9. The molecule has 8 heteroatoms. The fourth-order valence-electron chi connectivity index (χ4n) is 2.95. The number of hydrogen-bond acceptors (Lipinski definition) is 6. The van der Waals surface area contributed by atoms with E-state index in [1.54, 1.807) is 59.9 Å². The van der Waals surface area contributed by atoms with Crippen molar-refractivity contribution in [1.29, 1.82) is 0 Å². The van der Waals surface area contributed by atoms with Gasteiger partial charge in [0.15, 0.2) is 5.01 Å². The van der Waals surface area contributed by atoms with Crippen LogP contribution in [0.25, 0.3) is 0 Å². The number of aliphatic carboxylic acids is 1. The van der Waals surface area contributed by atoms with E-state index >= 15 is 0 Å². The number of hydrogen-bond donors (Lipinski definition) is 1. The van der Waals surface area contributed by atoms with Crippen LogP contribution in [0, 0.1) is 0 Å². The van der Waals surface area contributed by atoms with Crippen LogP contribution in [-0.2, 0) is 4.79 Å². The van der Waals surface area contributed by atoms with Crippen LogP contribution >= 0.6 is 22.9 Å². The molecule has 0 spiro atoms. The van der Waals surface area contributed by atoms with Gasteiger partial charge in [-0.3, -0.25) is 14.5 Å². The van der Waals surface area contributed by atoms with Gasteiger partial charge in [0.25, 0.3) is 0 Å². The summed E-state index contributed by atoms with van der Waals surface area (Å²) < 4.78 is 6.22. The maximum Gasteiger partial charge on any atom is 0.317 e. The van der Waals surface area contributed by atoms with Crippen LogP contribution < -0.4 is 4.74 Å². The molecule has 0 saturated heterocycles. The number of carbonyl (C=O) groups excluding carboxylic acids is 1. The van der Waals surface area contributed by atoms with Crippen LogP contribution in [0.3, 0.4) is 0 Å². The number of aromatic nitrogens is 1. The second kappa shape index (κ2) is 10.3. The molecule has 1 N–H and O–H groups in total. The van der Waals surface area contributed by atoms with Crippen molar-refractivity contribution in [2.75, 3.05) is 20.1 Å². The number of carbonyl (C=O) groups is 2. The van der Waals surface area contributed by atoms with Crippen LogP contribution in [0.5, 0.6) is 5.75 Å². The molecule has 3 aromatic rings. The second-order valence-corrected chi connectivity index (χ2v) is 8.10. The summed E-state index contributed by atoms with van der Waals surface area (Å²) in [5.41, 5.74) is 1.42. The molecule has 30 heavy (non-hydrogen) atoms. The number of ketones is 1. The van der Waals surface area contributed by atoms with Crippen molar-refractivity contribution in [3.63, 3.8) is 0 Å². The lowest BCUT2D eigenvalue weighted by Crippen LogP contribution is -2.28. The van der Waals surface area contributed by atoms with Crippen LogP contribution in [0.1, 0.15) is 33.5 Å². The van der Waals surface area contributed by atoms with Crippen molar-refractivity contribution in [2.24, 2.45) is 0 Å². The van der Waals surface area contributed by atoms with Gasteiger partial charge in [0.1, 0.15) is 11.9 Å². The smallest absolute Gasteiger partial charge is 0.317 e. The van der Waals surface area contributed by atoms with Gasteiger partial charge in [0.05, 0.1) is 6.54 Å². The predicted octanol–water partition coefficient (Wildman–Crippen LogP) is 4.55. The summed E-state index contributed by atoms with van der Waals surface area (Å²) in [5, 5.41) is 11.8. The van der Waals surface area contributed by atoms with Gasteiger partial charge in [-0.15, -0.1) is 11.3 Å². The molecule has 0 aliphatic heterocycles. The Balaban J connectivity index is 1.78. The van der Waals surface area contributed by atoms with Crippen molar-refractivity contribution >= 4 is 34.7 Å². The third kappa shape index (κ3) is 6.13. The normalized spacial score (nSPS) is 12.0. The van der Waals surface area contributed by atoms with Gasteiger partial charge in [-0.1, -0.05) is 35.9 Å². The highest BCUT2D eigenvalue weighted by Crippen LogP contribution is 2.27. The van der Waals surface area contributed by atoms with Crippen molar-refractivity contribution < 1.29 is 19.4 Å². The van der Waals surface area contributed by atoms with Crippen LogP contribution in [0.4, 0.5) is 0 Å². The SMILES string of the molecule is CN(CCC(Oc1cccc(C(=O)c2nccs2)c1)c1ccc(Cl)cc1)CC(=O)O. The molecule has 2 aromatic carbocycles. The first-order chi connectivity index (χ1) is 14.4. The molecule has 156 valence electrons. The van der Waals surface area contributed by atoms with E-state index in [1.807, 2.05) is 12.1 Å². The van der Waals surface area contributed by atoms with E-state index in [1.165, 1.54) is 11.3 Å². The van der Waals surface area contributed by atoms with Gasteiger partial charge in [0.2, 0.25) is 5.78 Å². The van der Waals surface area contributed by atoms with E-state index in [4.69, 9.17) is 21.4 Å². The van der Waals surface area contributed by atoms with E-state index in [2.05, 4.69) is 4.98 Å². The minimum Gasteiger partial charge on any atom is -0.486 e. The molecule has 0 aliphatic rings. The number of likely N-dealkylation sites (N-methyl/N-ethyl adjacent to an activating group) is 1. The number of carboxylic acid groups (broad SMARTS) is 1. The first kappa shape index (κ1) is 22.0. The number of halogens is 1. The van der Waals surface area contributed by atoms with Crippen molar-refractivity contribution in [3.8, 4) is 5.75 Å². The average molecular weight is 445 g/mol. The summed E-state index contributed by atoms with van der Waals surface area (Å²) in [4.78, 5) is 29.3. The van der Waals surface area contributed by atoms with Gasteiger partial charge in [-0.05, 0) is 36.9 Å². The molecule has 0 aliphatic carbocycles. The molecular weight excluding hydrogens is 424 g/mol. The van der Waals surface area contributed by atoms with E-state index in [0.29, 0.717) is 34.3 Å². The molecule has 0 bridgehead atoms. The Kier molecular flexibility index (Phi) is 7.57.